The molecule has 0 amide bonds. The van der Waals surface area contributed by atoms with Crippen LogP contribution in [0.25, 0.3) is 0 Å². The molecular formula is C14H15N3O3S. The molecule has 2 aromatic rings. The molecule has 1 aromatic carbocycles. The zero-order valence-corrected chi connectivity index (χ0v) is 12.2. The minimum Gasteiger partial charge on any atom is -0.494 e. The van der Waals surface area contributed by atoms with Gasteiger partial charge in [-0.15, -0.1) is 0 Å². The Morgan fingerprint density at radius 1 is 1.24 bits per heavy atom. The van der Waals surface area contributed by atoms with Gasteiger partial charge in [0.05, 0.1) is 23.4 Å². The van der Waals surface area contributed by atoms with Gasteiger partial charge >= 0.3 is 0 Å². The van der Waals surface area contributed by atoms with Crippen molar-refractivity contribution >= 4 is 16.2 Å². The van der Waals surface area contributed by atoms with Crippen LogP contribution in [-0.2, 0) is 10.0 Å². The number of hydrogen-bond donors (Lipinski definition) is 1. The fourth-order valence-electron chi connectivity index (χ4n) is 1.55. The Labute approximate surface area is 123 Å². The van der Waals surface area contributed by atoms with Gasteiger partial charge in [0.1, 0.15) is 5.75 Å². The van der Waals surface area contributed by atoms with Gasteiger partial charge < -0.3 is 4.74 Å². The van der Waals surface area contributed by atoms with Gasteiger partial charge in [0.25, 0.3) is 10.0 Å². The highest BCUT2D eigenvalue weighted by Gasteiger charge is 2.12. The maximum absolute atomic E-state index is 12.0. The van der Waals surface area contributed by atoms with E-state index in [4.69, 9.17) is 4.74 Å². The molecule has 0 radical (unpaired) electrons. The van der Waals surface area contributed by atoms with Crippen molar-refractivity contribution in [3.63, 3.8) is 0 Å². The molecule has 21 heavy (non-hydrogen) atoms. The van der Waals surface area contributed by atoms with Crippen LogP contribution in [0.2, 0.25) is 0 Å². The van der Waals surface area contributed by atoms with Crippen molar-refractivity contribution in [3.05, 3.63) is 54.4 Å². The second kappa shape index (κ2) is 6.85. The SMILES string of the molecule is CCOc1ccc(S(=O)(=O)N/N=C/c2ccccn2)cc1. The van der Waals surface area contributed by atoms with Crippen molar-refractivity contribution in [2.45, 2.75) is 11.8 Å². The quantitative estimate of drug-likeness (QED) is 0.652. The largest absolute Gasteiger partial charge is 0.494 e. The Morgan fingerprint density at radius 2 is 2.00 bits per heavy atom. The van der Waals surface area contributed by atoms with Crippen molar-refractivity contribution in [1.29, 1.82) is 0 Å². The van der Waals surface area contributed by atoms with Crippen LogP contribution in [0, 0.1) is 0 Å². The summed E-state index contributed by atoms with van der Waals surface area (Å²) < 4.78 is 29.3. The Balaban J connectivity index is 2.06. The minimum atomic E-state index is -3.69. The first kappa shape index (κ1) is 15.0. The maximum Gasteiger partial charge on any atom is 0.276 e. The van der Waals surface area contributed by atoms with Gasteiger partial charge in [0.15, 0.2) is 0 Å². The summed E-state index contributed by atoms with van der Waals surface area (Å²) in [4.78, 5) is 6.25. The maximum atomic E-state index is 12.0. The Morgan fingerprint density at radius 3 is 2.62 bits per heavy atom. The number of aromatic nitrogens is 1. The van der Waals surface area contributed by atoms with Crippen molar-refractivity contribution in [2.75, 3.05) is 6.61 Å². The fraction of sp³-hybridized carbons (Fsp3) is 0.143. The zero-order chi connectivity index (χ0) is 15.1. The molecule has 1 heterocycles. The summed E-state index contributed by atoms with van der Waals surface area (Å²) in [5.41, 5.74) is 0.562. The number of hydrogen-bond acceptors (Lipinski definition) is 5. The molecule has 0 atom stereocenters. The Hall–Kier alpha value is -2.41. The lowest BCUT2D eigenvalue weighted by Gasteiger charge is -2.05. The van der Waals surface area contributed by atoms with E-state index >= 15 is 0 Å². The van der Waals surface area contributed by atoms with Gasteiger partial charge in [-0.2, -0.15) is 13.5 Å². The number of benzene rings is 1. The summed E-state index contributed by atoms with van der Waals surface area (Å²) in [6.45, 7) is 2.39. The van der Waals surface area contributed by atoms with Gasteiger partial charge in [-0.05, 0) is 43.3 Å². The fourth-order valence-corrected chi connectivity index (χ4v) is 2.34. The number of nitrogens with zero attached hydrogens (tertiary/aromatic N) is 2. The second-order valence-electron chi connectivity index (χ2n) is 4.01. The average Bonchev–Trinajstić information content (AvgIpc) is 2.49. The average molecular weight is 305 g/mol. The Bertz CT molecular complexity index is 698. The molecule has 0 fully saturated rings. The van der Waals surface area contributed by atoms with E-state index in [0.717, 1.165) is 0 Å². The van der Waals surface area contributed by atoms with Crippen molar-refractivity contribution in [2.24, 2.45) is 5.10 Å². The zero-order valence-electron chi connectivity index (χ0n) is 11.4. The molecule has 0 aliphatic carbocycles. The summed E-state index contributed by atoms with van der Waals surface area (Å²) in [5, 5.41) is 3.69. The number of rotatable bonds is 6. The van der Waals surface area contributed by atoms with Crippen LogP contribution in [0.3, 0.4) is 0 Å². The van der Waals surface area contributed by atoms with Crippen LogP contribution in [0.4, 0.5) is 0 Å². The molecule has 1 aromatic heterocycles. The molecule has 0 saturated heterocycles. The number of pyridine rings is 1. The highest BCUT2D eigenvalue weighted by atomic mass is 32.2. The molecule has 0 spiro atoms. The summed E-state index contributed by atoms with van der Waals surface area (Å²) in [6, 6.07) is 11.4. The normalized spacial score (nSPS) is 11.5. The van der Waals surface area contributed by atoms with Crippen LogP contribution in [0.15, 0.2) is 58.7 Å². The predicted octanol–water partition coefficient (Wildman–Crippen LogP) is 1.79. The van der Waals surface area contributed by atoms with Crippen LogP contribution < -0.4 is 9.57 Å². The molecule has 7 heteroatoms. The monoisotopic (exact) mass is 305 g/mol. The van der Waals surface area contributed by atoms with Gasteiger partial charge in [-0.1, -0.05) is 6.07 Å². The van der Waals surface area contributed by atoms with Gasteiger partial charge in [-0.25, -0.2) is 4.83 Å². The molecule has 1 N–H and O–H groups in total. The van der Waals surface area contributed by atoms with Crippen LogP contribution in [0.5, 0.6) is 5.75 Å². The first-order chi connectivity index (χ1) is 10.1. The highest BCUT2D eigenvalue weighted by Crippen LogP contribution is 2.15. The van der Waals surface area contributed by atoms with E-state index in [1.165, 1.54) is 18.3 Å². The highest BCUT2D eigenvalue weighted by molar-refractivity contribution is 7.89. The lowest BCUT2D eigenvalue weighted by molar-refractivity contribution is 0.340. The molecule has 110 valence electrons. The standard InChI is InChI=1S/C14H15N3O3S/c1-2-20-13-6-8-14(9-7-13)21(18,19)17-16-11-12-5-3-4-10-15-12/h3-11,17H,2H2,1H3/b16-11+. The summed E-state index contributed by atoms with van der Waals surface area (Å²) in [5.74, 6) is 0.619. The number of nitrogens with one attached hydrogen (secondary N) is 1. The smallest absolute Gasteiger partial charge is 0.276 e. The number of sulfonamides is 1. The number of ether oxygens (including phenoxy) is 1. The second-order valence-corrected chi connectivity index (χ2v) is 5.67. The van der Waals surface area contributed by atoms with E-state index in [2.05, 4.69) is 14.9 Å². The van der Waals surface area contributed by atoms with Crippen LogP contribution in [-0.4, -0.2) is 26.2 Å². The third-order valence-corrected chi connectivity index (χ3v) is 3.74. The van der Waals surface area contributed by atoms with E-state index in [0.29, 0.717) is 18.1 Å². The molecular weight excluding hydrogens is 290 g/mol. The first-order valence-corrected chi connectivity index (χ1v) is 7.79. The van der Waals surface area contributed by atoms with Gasteiger partial charge in [0, 0.05) is 6.20 Å². The third-order valence-electron chi connectivity index (χ3n) is 2.50. The molecule has 0 aliphatic rings. The molecule has 2 rings (SSSR count). The van der Waals surface area contributed by atoms with E-state index in [9.17, 15) is 8.42 Å². The summed E-state index contributed by atoms with van der Waals surface area (Å²) in [6.07, 6.45) is 2.94. The summed E-state index contributed by atoms with van der Waals surface area (Å²) >= 11 is 0. The molecule has 0 unspecified atom stereocenters. The molecule has 6 nitrogen and oxygen atoms in total. The Kier molecular flexibility index (Phi) is 4.89. The van der Waals surface area contributed by atoms with Crippen molar-refractivity contribution < 1.29 is 13.2 Å². The van der Waals surface area contributed by atoms with Crippen molar-refractivity contribution in [3.8, 4) is 5.75 Å². The molecule has 0 bridgehead atoms. The molecule has 0 saturated carbocycles. The topological polar surface area (TPSA) is 80.7 Å². The number of hydrazone groups is 1. The minimum absolute atomic E-state index is 0.115. The van der Waals surface area contributed by atoms with Gasteiger partial charge in [0.2, 0.25) is 0 Å². The summed E-state index contributed by atoms with van der Waals surface area (Å²) in [7, 11) is -3.69. The predicted molar refractivity (Wildman–Crippen MR) is 79.8 cm³/mol. The third kappa shape index (κ3) is 4.28. The lowest BCUT2D eigenvalue weighted by Crippen LogP contribution is -2.18. The van der Waals surface area contributed by atoms with E-state index in [1.807, 2.05) is 6.92 Å². The van der Waals surface area contributed by atoms with E-state index in [1.54, 1.807) is 36.5 Å². The first-order valence-electron chi connectivity index (χ1n) is 6.30. The lowest BCUT2D eigenvalue weighted by atomic mass is 10.3. The van der Waals surface area contributed by atoms with Crippen LogP contribution in [0.1, 0.15) is 12.6 Å². The van der Waals surface area contributed by atoms with Gasteiger partial charge in [-0.3, -0.25) is 4.98 Å². The van der Waals surface area contributed by atoms with E-state index in [-0.39, 0.29) is 4.90 Å². The van der Waals surface area contributed by atoms with E-state index < -0.39 is 10.0 Å². The molecule has 0 aliphatic heterocycles. The van der Waals surface area contributed by atoms with Crippen LogP contribution >= 0.6 is 0 Å². The van der Waals surface area contributed by atoms with Crippen molar-refractivity contribution in [1.82, 2.24) is 9.82 Å².